The molecular weight excluding hydrogens is 519 g/mol. The zero-order valence-electron chi connectivity index (χ0n) is 21.6. The molecule has 1 aliphatic heterocycles. The third kappa shape index (κ3) is 6.48. The monoisotopic (exact) mass is 550 g/mol. The molecule has 198 valence electrons. The van der Waals surface area contributed by atoms with Crippen LogP contribution in [0.5, 0.6) is 0 Å². The molecule has 0 unspecified atom stereocenters. The van der Waals surface area contributed by atoms with E-state index in [0.717, 1.165) is 23.2 Å². The summed E-state index contributed by atoms with van der Waals surface area (Å²) >= 11 is 12.3. The minimum Gasteiger partial charge on any atom is -0.384 e. The number of anilines is 1. The summed E-state index contributed by atoms with van der Waals surface area (Å²) in [6.45, 7) is 6.86. The number of carbonyl (C=O) groups excluding carboxylic acids is 1. The van der Waals surface area contributed by atoms with Crippen LogP contribution in [0.15, 0.2) is 66.7 Å². The number of nitrogens with zero attached hydrogens (tertiary/aromatic N) is 3. The third-order valence-electron chi connectivity index (χ3n) is 6.94. The predicted octanol–water partition coefficient (Wildman–Crippen LogP) is 5.78. The summed E-state index contributed by atoms with van der Waals surface area (Å²) in [5.41, 5.74) is 2.63. The quantitative estimate of drug-likeness (QED) is 0.371. The molecule has 3 aromatic carbocycles. The Bertz CT molecular complexity index is 1300. The molecule has 0 aromatic heterocycles. The Morgan fingerprint density at radius 3 is 2.42 bits per heavy atom. The van der Waals surface area contributed by atoms with E-state index in [1.54, 1.807) is 31.2 Å². The van der Waals surface area contributed by atoms with E-state index < -0.39 is 5.60 Å². The van der Waals surface area contributed by atoms with E-state index in [1.807, 2.05) is 49.4 Å². The molecule has 1 amide bonds. The lowest BCUT2D eigenvalue weighted by atomic mass is 9.93. The molecule has 0 bridgehead atoms. The summed E-state index contributed by atoms with van der Waals surface area (Å²) in [7, 11) is 0. The number of rotatable bonds is 8. The van der Waals surface area contributed by atoms with E-state index in [9.17, 15) is 15.2 Å². The van der Waals surface area contributed by atoms with Gasteiger partial charge in [0.1, 0.15) is 6.07 Å². The van der Waals surface area contributed by atoms with Crippen LogP contribution in [0.1, 0.15) is 53.4 Å². The molecule has 0 radical (unpaired) electrons. The van der Waals surface area contributed by atoms with Crippen molar-refractivity contribution in [2.45, 2.75) is 31.9 Å². The van der Waals surface area contributed by atoms with Crippen LogP contribution >= 0.6 is 23.2 Å². The lowest BCUT2D eigenvalue weighted by molar-refractivity contribution is 0.0103. The highest BCUT2D eigenvalue weighted by Gasteiger charge is 2.34. The van der Waals surface area contributed by atoms with Gasteiger partial charge in [-0.15, -0.1) is 0 Å². The lowest BCUT2D eigenvalue weighted by Gasteiger charge is -2.45. The number of aliphatic hydroxyl groups is 1. The predicted molar refractivity (Wildman–Crippen MR) is 153 cm³/mol. The van der Waals surface area contributed by atoms with E-state index in [1.165, 1.54) is 0 Å². The van der Waals surface area contributed by atoms with Gasteiger partial charge in [-0.2, -0.15) is 5.26 Å². The Kier molecular flexibility index (Phi) is 8.96. The van der Waals surface area contributed by atoms with Crippen molar-refractivity contribution in [1.82, 2.24) is 10.2 Å². The van der Waals surface area contributed by atoms with Gasteiger partial charge in [0.05, 0.1) is 22.9 Å². The molecule has 1 fully saturated rings. The largest absolute Gasteiger partial charge is 0.384 e. The van der Waals surface area contributed by atoms with Crippen molar-refractivity contribution in [3.05, 3.63) is 99.0 Å². The number of halogens is 2. The normalized spacial score (nSPS) is 17.5. The first-order chi connectivity index (χ1) is 18.2. The highest BCUT2D eigenvalue weighted by atomic mass is 35.5. The molecule has 1 aliphatic rings. The van der Waals surface area contributed by atoms with Crippen LogP contribution in [0.3, 0.4) is 0 Å². The SMILES string of the molecule is CCCNC(=O)c1ccc([C@](C)(O)CN2CCN(c3ccc(Cl)cc3C#N)[C@H](c3ccc(Cl)cc3)C2)cc1. The second-order valence-corrected chi connectivity index (χ2v) is 10.7. The summed E-state index contributed by atoms with van der Waals surface area (Å²) in [4.78, 5) is 16.7. The number of hydrogen-bond donors (Lipinski definition) is 2. The lowest BCUT2D eigenvalue weighted by Crippen LogP contribution is -2.52. The van der Waals surface area contributed by atoms with Gasteiger partial charge >= 0.3 is 0 Å². The van der Waals surface area contributed by atoms with Crippen molar-refractivity contribution >= 4 is 34.8 Å². The Labute approximate surface area is 234 Å². The topological polar surface area (TPSA) is 79.6 Å². The van der Waals surface area contributed by atoms with Crippen molar-refractivity contribution in [2.75, 3.05) is 37.6 Å². The first kappa shape index (κ1) is 27.9. The van der Waals surface area contributed by atoms with Gasteiger partial charge in [0.2, 0.25) is 0 Å². The molecule has 0 aliphatic carbocycles. The second kappa shape index (κ2) is 12.2. The number of β-amino-alcohol motifs (C(OH)–C–C–N with tert-alkyl or cyclic N) is 1. The smallest absolute Gasteiger partial charge is 0.251 e. The fraction of sp³-hybridized carbons (Fsp3) is 0.333. The minimum atomic E-state index is -1.12. The van der Waals surface area contributed by atoms with Crippen molar-refractivity contribution in [2.24, 2.45) is 0 Å². The van der Waals surface area contributed by atoms with Crippen molar-refractivity contribution < 1.29 is 9.90 Å². The van der Waals surface area contributed by atoms with Crippen LogP contribution in [0, 0.1) is 11.3 Å². The van der Waals surface area contributed by atoms with Crippen LogP contribution in [-0.4, -0.2) is 48.6 Å². The zero-order valence-corrected chi connectivity index (χ0v) is 23.1. The van der Waals surface area contributed by atoms with Crippen molar-refractivity contribution in [3.8, 4) is 6.07 Å². The van der Waals surface area contributed by atoms with Gasteiger partial charge in [0.25, 0.3) is 5.91 Å². The molecule has 0 spiro atoms. The average molecular weight is 552 g/mol. The van der Waals surface area contributed by atoms with Crippen LogP contribution in [0.2, 0.25) is 10.0 Å². The first-order valence-corrected chi connectivity index (χ1v) is 13.5. The molecular formula is C30H32Cl2N4O2. The highest BCUT2D eigenvalue weighted by Crippen LogP contribution is 2.35. The van der Waals surface area contributed by atoms with E-state index in [0.29, 0.717) is 53.9 Å². The maximum atomic E-state index is 12.3. The zero-order chi connectivity index (χ0) is 27.3. The summed E-state index contributed by atoms with van der Waals surface area (Å²) in [5.74, 6) is -0.112. The Morgan fingerprint density at radius 2 is 1.76 bits per heavy atom. The number of hydrogen-bond acceptors (Lipinski definition) is 5. The Hall–Kier alpha value is -3.08. The number of nitriles is 1. The standard InChI is InChI=1S/C30H32Cl2N4O2/c1-3-14-34-29(37)22-4-8-24(9-5-22)30(2,38)20-35-15-16-36(27-13-12-26(32)17-23(27)18-33)28(19-35)21-6-10-25(31)11-7-21/h4-13,17,28,38H,3,14-16,19-20H2,1-2H3,(H,34,37)/t28-,30+/m0/s1. The first-order valence-electron chi connectivity index (χ1n) is 12.8. The van der Waals surface area contributed by atoms with E-state index in [4.69, 9.17) is 23.2 Å². The number of nitrogens with one attached hydrogen (secondary N) is 1. The van der Waals surface area contributed by atoms with Gasteiger partial charge in [0, 0.05) is 48.3 Å². The van der Waals surface area contributed by atoms with Gasteiger partial charge in [-0.3, -0.25) is 9.69 Å². The van der Waals surface area contributed by atoms with Gasteiger partial charge in [-0.25, -0.2) is 0 Å². The Balaban J connectivity index is 1.55. The van der Waals surface area contributed by atoms with Crippen LogP contribution in [0.25, 0.3) is 0 Å². The molecule has 4 rings (SSSR count). The van der Waals surface area contributed by atoms with Gasteiger partial charge in [0.15, 0.2) is 0 Å². The molecule has 38 heavy (non-hydrogen) atoms. The minimum absolute atomic E-state index is 0.0604. The summed E-state index contributed by atoms with van der Waals surface area (Å²) in [6.07, 6.45) is 0.874. The maximum absolute atomic E-state index is 12.3. The number of amides is 1. The number of piperazine rings is 1. The summed E-state index contributed by atoms with van der Waals surface area (Å²) in [5, 5.41) is 25.3. The molecule has 3 aromatic rings. The van der Waals surface area contributed by atoms with Crippen molar-refractivity contribution in [3.63, 3.8) is 0 Å². The average Bonchev–Trinajstić information content (AvgIpc) is 2.92. The molecule has 1 heterocycles. The maximum Gasteiger partial charge on any atom is 0.251 e. The molecule has 2 N–H and O–H groups in total. The van der Waals surface area contributed by atoms with Crippen LogP contribution in [-0.2, 0) is 5.60 Å². The van der Waals surface area contributed by atoms with Gasteiger partial charge < -0.3 is 15.3 Å². The second-order valence-electron chi connectivity index (χ2n) is 9.88. The summed E-state index contributed by atoms with van der Waals surface area (Å²) < 4.78 is 0. The van der Waals surface area contributed by atoms with Crippen LogP contribution < -0.4 is 10.2 Å². The number of benzene rings is 3. The van der Waals surface area contributed by atoms with Gasteiger partial charge in [-0.1, -0.05) is 54.4 Å². The van der Waals surface area contributed by atoms with E-state index in [2.05, 4.69) is 21.2 Å². The molecule has 8 heteroatoms. The summed E-state index contributed by atoms with van der Waals surface area (Å²) in [6, 6.07) is 22.5. The van der Waals surface area contributed by atoms with Crippen molar-refractivity contribution in [1.29, 1.82) is 5.26 Å². The molecule has 6 nitrogen and oxygen atoms in total. The fourth-order valence-electron chi connectivity index (χ4n) is 4.94. The highest BCUT2D eigenvalue weighted by molar-refractivity contribution is 6.31. The van der Waals surface area contributed by atoms with Crippen LogP contribution in [0.4, 0.5) is 5.69 Å². The Morgan fingerprint density at radius 1 is 1.08 bits per heavy atom. The fourth-order valence-corrected chi connectivity index (χ4v) is 5.24. The van der Waals surface area contributed by atoms with E-state index in [-0.39, 0.29) is 11.9 Å². The molecule has 1 saturated heterocycles. The molecule has 2 atom stereocenters. The van der Waals surface area contributed by atoms with Gasteiger partial charge in [-0.05, 0) is 66.9 Å². The van der Waals surface area contributed by atoms with E-state index >= 15 is 0 Å². The molecule has 0 saturated carbocycles. The number of carbonyl (C=O) groups is 1. The third-order valence-corrected chi connectivity index (χ3v) is 7.43.